The number of urea groups is 1. The molecule has 0 bridgehead atoms. The third-order valence-electron chi connectivity index (χ3n) is 7.73. The zero-order valence-electron chi connectivity index (χ0n) is 24.9. The van der Waals surface area contributed by atoms with Gasteiger partial charge in [-0.25, -0.2) is 4.79 Å². The Labute approximate surface area is 234 Å². The molecule has 222 valence electrons. The molecule has 10 nitrogen and oxygen atoms in total. The van der Waals surface area contributed by atoms with E-state index in [1.54, 1.807) is 0 Å². The highest BCUT2D eigenvalue weighted by Crippen LogP contribution is 2.31. The third kappa shape index (κ3) is 11.2. The van der Waals surface area contributed by atoms with Crippen molar-refractivity contribution in [3.8, 4) is 0 Å². The lowest BCUT2D eigenvalue weighted by molar-refractivity contribution is -0.141. The fourth-order valence-corrected chi connectivity index (χ4v) is 5.35. The number of nitrogens with two attached hydrogens (primary N) is 1. The Balaban J connectivity index is 2.18. The van der Waals surface area contributed by atoms with E-state index in [4.69, 9.17) is 5.73 Å². The van der Waals surface area contributed by atoms with Crippen LogP contribution in [0.3, 0.4) is 0 Å². The Morgan fingerprint density at radius 1 is 0.872 bits per heavy atom. The highest BCUT2D eigenvalue weighted by molar-refractivity contribution is 6.37. The van der Waals surface area contributed by atoms with Gasteiger partial charge in [-0.15, -0.1) is 0 Å². The number of hydrogen-bond acceptors (Lipinski definition) is 5. The van der Waals surface area contributed by atoms with Gasteiger partial charge in [-0.05, 0) is 57.3 Å². The first-order valence-electron chi connectivity index (χ1n) is 14.6. The number of hydrogen-bond donors (Lipinski definition) is 4. The van der Waals surface area contributed by atoms with Crippen LogP contribution >= 0.6 is 0 Å². The van der Waals surface area contributed by atoms with Crippen LogP contribution in [0.5, 0.6) is 0 Å². The maximum Gasteiger partial charge on any atom is 0.315 e. The first-order chi connectivity index (χ1) is 18.1. The van der Waals surface area contributed by atoms with E-state index < -0.39 is 46.7 Å². The van der Waals surface area contributed by atoms with Gasteiger partial charge in [0.15, 0.2) is 0 Å². The molecule has 0 aliphatic heterocycles. The van der Waals surface area contributed by atoms with Gasteiger partial charge in [0.25, 0.3) is 5.91 Å². The summed E-state index contributed by atoms with van der Waals surface area (Å²) < 4.78 is 0. The van der Waals surface area contributed by atoms with Crippen molar-refractivity contribution in [1.29, 1.82) is 0 Å². The van der Waals surface area contributed by atoms with Crippen LogP contribution in [0.2, 0.25) is 0 Å². The smallest absolute Gasteiger partial charge is 0.315 e. The minimum absolute atomic E-state index is 0.263. The van der Waals surface area contributed by atoms with E-state index in [0.717, 1.165) is 32.1 Å². The molecule has 2 atom stereocenters. The van der Waals surface area contributed by atoms with Gasteiger partial charge in [0, 0.05) is 12.1 Å². The van der Waals surface area contributed by atoms with E-state index in [9.17, 15) is 24.0 Å². The molecule has 5 N–H and O–H groups in total. The van der Waals surface area contributed by atoms with Gasteiger partial charge in [0.2, 0.25) is 17.6 Å². The van der Waals surface area contributed by atoms with E-state index in [1.165, 1.54) is 30.6 Å². The van der Waals surface area contributed by atoms with E-state index in [1.807, 2.05) is 41.5 Å². The van der Waals surface area contributed by atoms with Crippen LogP contribution in [-0.2, 0) is 19.2 Å². The number of primary amides is 1. The van der Waals surface area contributed by atoms with Gasteiger partial charge in [0.1, 0.15) is 6.04 Å². The lowest BCUT2D eigenvalue weighted by Crippen LogP contribution is -2.60. The van der Waals surface area contributed by atoms with Crippen molar-refractivity contribution in [2.24, 2.45) is 23.0 Å². The van der Waals surface area contributed by atoms with Crippen LogP contribution in [0.15, 0.2) is 0 Å². The number of nitrogens with zero attached hydrogens (tertiary/aromatic N) is 1. The summed E-state index contributed by atoms with van der Waals surface area (Å²) >= 11 is 0. The number of rotatable bonds is 13. The lowest BCUT2D eigenvalue weighted by Gasteiger charge is -2.36. The molecule has 0 saturated heterocycles. The van der Waals surface area contributed by atoms with Crippen LogP contribution in [0.25, 0.3) is 0 Å². The molecule has 0 spiro atoms. The van der Waals surface area contributed by atoms with Gasteiger partial charge >= 0.3 is 6.03 Å². The summed E-state index contributed by atoms with van der Waals surface area (Å²) in [7, 11) is 0. The zero-order chi connectivity index (χ0) is 29.4. The molecule has 0 aromatic rings. The first kappa shape index (κ1) is 32.6. The molecular weight excluding hydrogens is 498 g/mol. The zero-order valence-corrected chi connectivity index (χ0v) is 24.9. The van der Waals surface area contributed by atoms with E-state index in [2.05, 4.69) is 16.0 Å². The molecule has 2 fully saturated rings. The van der Waals surface area contributed by atoms with Gasteiger partial charge in [-0.3, -0.25) is 19.2 Å². The van der Waals surface area contributed by atoms with Crippen LogP contribution in [0.4, 0.5) is 4.79 Å². The quantitative estimate of drug-likeness (QED) is 0.260. The van der Waals surface area contributed by atoms with Crippen molar-refractivity contribution in [2.45, 2.75) is 123 Å². The normalized spacial score (nSPS) is 18.0. The fourth-order valence-electron chi connectivity index (χ4n) is 5.35. The maximum absolute atomic E-state index is 13.9. The maximum atomic E-state index is 13.9. The molecule has 39 heavy (non-hydrogen) atoms. The van der Waals surface area contributed by atoms with Gasteiger partial charge < -0.3 is 26.6 Å². The minimum atomic E-state index is -1.08. The highest BCUT2D eigenvalue weighted by atomic mass is 16.2. The predicted octanol–water partition coefficient (Wildman–Crippen LogP) is 3.03. The standard InChI is InChI=1S/C29H51N5O5/c1-28(2,3)24(32-27(39)33-29(4,5)6)26(38)34(16-10-15-19-11-7-8-12-19)18-22(35)31-21(23(36)25(30)37)17-20-13-9-14-20/h19-21,24H,7-18H2,1-6H3,(H2,30,37)(H,31,35)(H2,32,33,39)/t21?,24-/m1/s1. The van der Waals surface area contributed by atoms with E-state index >= 15 is 0 Å². The topological polar surface area (TPSA) is 151 Å². The molecule has 5 amide bonds. The van der Waals surface area contributed by atoms with Crippen LogP contribution < -0.4 is 21.7 Å². The molecule has 0 aromatic heterocycles. The number of carbonyl (C=O) groups excluding carboxylic acids is 5. The van der Waals surface area contributed by atoms with Crippen molar-refractivity contribution in [3.63, 3.8) is 0 Å². The fraction of sp³-hybridized carbons (Fsp3) is 0.828. The van der Waals surface area contributed by atoms with Crippen molar-refractivity contribution in [3.05, 3.63) is 0 Å². The van der Waals surface area contributed by atoms with Crippen molar-refractivity contribution >= 4 is 29.5 Å². The Morgan fingerprint density at radius 2 is 1.46 bits per heavy atom. The first-order valence-corrected chi connectivity index (χ1v) is 14.6. The van der Waals surface area contributed by atoms with Crippen molar-refractivity contribution < 1.29 is 24.0 Å². The monoisotopic (exact) mass is 549 g/mol. The molecule has 0 aromatic carbocycles. The van der Waals surface area contributed by atoms with Gasteiger partial charge in [-0.2, -0.15) is 0 Å². The van der Waals surface area contributed by atoms with Crippen LogP contribution in [0.1, 0.15) is 106 Å². The number of amides is 5. The summed E-state index contributed by atoms with van der Waals surface area (Å²) in [6.45, 7) is 11.2. The molecule has 2 saturated carbocycles. The largest absolute Gasteiger partial charge is 0.363 e. The SMILES string of the molecule is CC(C)(C)NC(=O)N[C@H](C(=O)N(CCCC1CCCC1)CC(=O)NC(CC1CCC1)C(=O)C(N)=O)C(C)(C)C. The Morgan fingerprint density at radius 3 is 1.95 bits per heavy atom. The number of ketones is 1. The molecule has 10 heteroatoms. The van der Waals surface area contributed by atoms with Crippen molar-refractivity contribution in [1.82, 2.24) is 20.9 Å². The molecular formula is C29H51N5O5. The lowest BCUT2D eigenvalue weighted by atomic mass is 9.80. The van der Waals surface area contributed by atoms with E-state index in [-0.39, 0.29) is 18.4 Å². The summed E-state index contributed by atoms with van der Waals surface area (Å²) in [6.07, 6.45) is 9.84. The predicted molar refractivity (Wildman–Crippen MR) is 151 cm³/mol. The van der Waals surface area contributed by atoms with E-state index in [0.29, 0.717) is 18.9 Å². The molecule has 2 aliphatic carbocycles. The van der Waals surface area contributed by atoms with Crippen LogP contribution in [-0.4, -0.2) is 65.1 Å². The molecule has 0 heterocycles. The van der Waals surface area contributed by atoms with Gasteiger partial charge in [0.05, 0.1) is 12.6 Å². The molecule has 0 radical (unpaired) electrons. The third-order valence-corrected chi connectivity index (χ3v) is 7.73. The Hall–Kier alpha value is -2.65. The number of Topliss-reactive ketones (excluding diaryl/α,β-unsaturated/α-hetero) is 1. The number of carbonyl (C=O) groups is 5. The summed E-state index contributed by atoms with van der Waals surface area (Å²) in [4.78, 5) is 65.3. The summed E-state index contributed by atoms with van der Waals surface area (Å²) in [5.41, 5.74) is 4.14. The molecule has 2 aliphatic rings. The molecule has 2 rings (SSSR count). The Bertz CT molecular complexity index is 881. The van der Waals surface area contributed by atoms with Crippen molar-refractivity contribution in [2.75, 3.05) is 13.1 Å². The summed E-state index contributed by atoms with van der Waals surface area (Å²) in [5, 5.41) is 8.34. The second-order valence-electron chi connectivity index (χ2n) is 13.6. The molecule has 1 unspecified atom stereocenters. The average molecular weight is 550 g/mol. The second-order valence-corrected chi connectivity index (χ2v) is 13.6. The Kier molecular flexibility index (Phi) is 11.8. The summed E-state index contributed by atoms with van der Waals surface area (Å²) in [5.74, 6) is -1.88. The number of nitrogens with one attached hydrogen (secondary N) is 3. The highest BCUT2D eigenvalue weighted by Gasteiger charge is 2.37. The minimum Gasteiger partial charge on any atom is -0.363 e. The second kappa shape index (κ2) is 14.1. The average Bonchev–Trinajstić information content (AvgIpc) is 3.29. The summed E-state index contributed by atoms with van der Waals surface area (Å²) in [6, 6.07) is -2.33. The van der Waals surface area contributed by atoms with Crippen LogP contribution in [0, 0.1) is 17.3 Å². The van der Waals surface area contributed by atoms with Gasteiger partial charge in [-0.1, -0.05) is 65.7 Å².